The van der Waals surface area contributed by atoms with Gasteiger partial charge in [0.05, 0.1) is 17.2 Å². The van der Waals surface area contributed by atoms with E-state index in [1.54, 1.807) is 0 Å². The van der Waals surface area contributed by atoms with E-state index in [9.17, 15) is 9.59 Å². The van der Waals surface area contributed by atoms with Crippen molar-refractivity contribution in [2.75, 3.05) is 25.0 Å². The number of aliphatic hydroxyl groups excluding tert-OH is 1. The van der Waals surface area contributed by atoms with Crippen molar-refractivity contribution in [1.82, 2.24) is 4.90 Å². The molecular formula is C13H15ClN2O4. The van der Waals surface area contributed by atoms with Gasteiger partial charge >= 0.3 is 12.0 Å². The largest absolute Gasteiger partial charge is 0.478 e. The zero-order chi connectivity index (χ0) is 15.1. The maximum atomic E-state index is 11.9. The average molecular weight is 299 g/mol. The van der Waals surface area contributed by atoms with E-state index in [1.165, 1.54) is 29.2 Å². The number of hydrogen-bond acceptors (Lipinski definition) is 3. The first kappa shape index (κ1) is 16.0. The molecule has 0 aliphatic rings. The molecule has 2 amide bonds. The van der Waals surface area contributed by atoms with Gasteiger partial charge in [-0.2, -0.15) is 0 Å². The lowest BCUT2D eigenvalue weighted by Crippen LogP contribution is -2.37. The third-order valence-electron chi connectivity index (χ3n) is 2.45. The van der Waals surface area contributed by atoms with E-state index in [0.29, 0.717) is 5.69 Å². The predicted molar refractivity (Wildman–Crippen MR) is 76.3 cm³/mol. The minimum absolute atomic E-state index is 0.0915. The number of anilines is 1. The number of carboxylic acid groups (broad SMARTS) is 1. The Labute approximate surface area is 121 Å². The molecule has 0 unspecified atom stereocenters. The van der Waals surface area contributed by atoms with Crippen LogP contribution in [0.25, 0.3) is 0 Å². The smallest absolute Gasteiger partial charge is 0.337 e. The topological polar surface area (TPSA) is 89.9 Å². The Hall–Kier alpha value is -2.05. The summed E-state index contributed by atoms with van der Waals surface area (Å²) in [6.45, 7) is 3.76. The maximum Gasteiger partial charge on any atom is 0.337 e. The van der Waals surface area contributed by atoms with Crippen LogP contribution in [0.5, 0.6) is 0 Å². The highest BCUT2D eigenvalue weighted by molar-refractivity contribution is 6.33. The Bertz CT molecular complexity index is 519. The monoisotopic (exact) mass is 298 g/mol. The molecule has 1 aromatic carbocycles. The van der Waals surface area contributed by atoms with Gasteiger partial charge in [-0.3, -0.25) is 0 Å². The molecule has 0 aliphatic carbocycles. The molecule has 0 atom stereocenters. The van der Waals surface area contributed by atoms with Gasteiger partial charge in [0.1, 0.15) is 0 Å². The van der Waals surface area contributed by atoms with Crippen LogP contribution in [0.15, 0.2) is 30.9 Å². The second kappa shape index (κ2) is 7.52. The van der Waals surface area contributed by atoms with Gasteiger partial charge in [0, 0.05) is 18.8 Å². The highest BCUT2D eigenvalue weighted by Gasteiger charge is 2.14. The summed E-state index contributed by atoms with van der Waals surface area (Å²) in [5.74, 6) is -1.18. The van der Waals surface area contributed by atoms with E-state index in [0.717, 1.165) is 0 Å². The summed E-state index contributed by atoms with van der Waals surface area (Å²) in [6.07, 6.45) is 1.53. The van der Waals surface area contributed by atoms with Gasteiger partial charge in [-0.05, 0) is 18.2 Å². The molecular weight excluding hydrogens is 284 g/mol. The minimum Gasteiger partial charge on any atom is -0.478 e. The summed E-state index contributed by atoms with van der Waals surface area (Å²) < 4.78 is 0. The van der Waals surface area contributed by atoms with Crippen LogP contribution in [-0.4, -0.2) is 46.8 Å². The summed E-state index contributed by atoms with van der Waals surface area (Å²) in [6, 6.07) is 3.70. The van der Waals surface area contributed by atoms with Gasteiger partial charge in [0.25, 0.3) is 0 Å². The van der Waals surface area contributed by atoms with Crippen molar-refractivity contribution in [1.29, 1.82) is 0 Å². The molecule has 0 radical (unpaired) electrons. The van der Waals surface area contributed by atoms with Gasteiger partial charge in [0.2, 0.25) is 0 Å². The zero-order valence-electron chi connectivity index (χ0n) is 10.7. The van der Waals surface area contributed by atoms with Gasteiger partial charge in [0.15, 0.2) is 0 Å². The number of benzene rings is 1. The van der Waals surface area contributed by atoms with Crippen molar-refractivity contribution < 1.29 is 19.8 Å². The van der Waals surface area contributed by atoms with Crippen molar-refractivity contribution in [2.45, 2.75) is 0 Å². The number of nitrogens with zero attached hydrogens (tertiary/aromatic N) is 1. The van der Waals surface area contributed by atoms with E-state index in [4.69, 9.17) is 21.8 Å². The third kappa shape index (κ3) is 4.25. The number of aliphatic hydroxyl groups is 1. The minimum atomic E-state index is -1.18. The second-order valence-corrected chi connectivity index (χ2v) is 4.30. The Morgan fingerprint density at radius 2 is 2.15 bits per heavy atom. The molecule has 0 aromatic heterocycles. The van der Waals surface area contributed by atoms with Gasteiger partial charge < -0.3 is 20.4 Å². The number of hydrogen-bond donors (Lipinski definition) is 3. The number of rotatable bonds is 6. The van der Waals surface area contributed by atoms with Crippen molar-refractivity contribution in [3.8, 4) is 0 Å². The van der Waals surface area contributed by atoms with E-state index in [-0.39, 0.29) is 30.3 Å². The fourth-order valence-electron chi connectivity index (χ4n) is 1.52. The molecule has 20 heavy (non-hydrogen) atoms. The van der Waals surface area contributed by atoms with E-state index in [2.05, 4.69) is 11.9 Å². The number of carbonyl (C=O) groups excluding carboxylic acids is 1. The summed E-state index contributed by atoms with van der Waals surface area (Å²) in [5.41, 5.74) is 0.214. The maximum absolute atomic E-state index is 11.9. The number of carboxylic acids is 1. The molecule has 7 heteroatoms. The lowest BCUT2D eigenvalue weighted by molar-refractivity contribution is 0.0697. The molecule has 1 aromatic rings. The molecule has 0 bridgehead atoms. The fraction of sp³-hybridized carbons (Fsp3) is 0.231. The van der Waals surface area contributed by atoms with Crippen LogP contribution >= 0.6 is 11.6 Å². The van der Waals surface area contributed by atoms with Gasteiger partial charge in [-0.15, -0.1) is 6.58 Å². The molecule has 6 nitrogen and oxygen atoms in total. The molecule has 0 saturated carbocycles. The highest BCUT2D eigenvalue weighted by Crippen LogP contribution is 2.20. The van der Waals surface area contributed by atoms with Crippen LogP contribution in [0, 0.1) is 0 Å². The number of carbonyl (C=O) groups is 2. The highest BCUT2D eigenvalue weighted by atomic mass is 35.5. The summed E-state index contributed by atoms with van der Waals surface area (Å²) in [5, 5.41) is 20.5. The number of halogens is 1. The Kier molecular flexibility index (Phi) is 6.02. The number of aromatic carboxylic acids is 1. The van der Waals surface area contributed by atoms with Crippen LogP contribution < -0.4 is 5.32 Å². The normalized spacial score (nSPS) is 9.90. The number of urea groups is 1. The molecule has 0 fully saturated rings. The summed E-state index contributed by atoms with van der Waals surface area (Å²) >= 11 is 5.74. The first-order chi connectivity index (χ1) is 9.49. The standard InChI is InChI=1S/C13H15ClN2O4/c1-2-5-16(6-7-17)13(20)15-9-3-4-11(14)10(8-9)12(18)19/h2-4,8,17H,1,5-7H2,(H,15,20)(H,18,19). The lowest BCUT2D eigenvalue weighted by atomic mass is 10.2. The Balaban J connectivity index is 2.86. The Morgan fingerprint density at radius 3 is 2.70 bits per heavy atom. The van der Waals surface area contributed by atoms with Crippen LogP contribution in [0.2, 0.25) is 5.02 Å². The van der Waals surface area contributed by atoms with Gasteiger partial charge in [-0.1, -0.05) is 17.7 Å². The summed E-state index contributed by atoms with van der Waals surface area (Å²) in [4.78, 5) is 24.2. The number of amides is 2. The third-order valence-corrected chi connectivity index (χ3v) is 2.78. The fourth-order valence-corrected chi connectivity index (χ4v) is 1.72. The average Bonchev–Trinajstić information content (AvgIpc) is 2.40. The molecule has 0 saturated heterocycles. The SMILES string of the molecule is C=CCN(CCO)C(=O)Nc1ccc(Cl)c(C(=O)O)c1. The molecule has 108 valence electrons. The van der Waals surface area contributed by atoms with Gasteiger partial charge in [-0.25, -0.2) is 9.59 Å². The summed E-state index contributed by atoms with van der Waals surface area (Å²) in [7, 11) is 0. The van der Waals surface area contributed by atoms with Crippen molar-refractivity contribution >= 4 is 29.3 Å². The molecule has 0 spiro atoms. The van der Waals surface area contributed by atoms with Crippen LogP contribution in [0.3, 0.4) is 0 Å². The van der Waals surface area contributed by atoms with Crippen LogP contribution in [-0.2, 0) is 0 Å². The van der Waals surface area contributed by atoms with Crippen molar-refractivity contribution in [3.05, 3.63) is 41.4 Å². The predicted octanol–water partition coefficient (Wildman–Crippen LogP) is 2.05. The zero-order valence-corrected chi connectivity index (χ0v) is 11.4. The van der Waals surface area contributed by atoms with Crippen molar-refractivity contribution in [2.24, 2.45) is 0 Å². The quantitative estimate of drug-likeness (QED) is 0.701. The van der Waals surface area contributed by atoms with Crippen LogP contribution in [0.4, 0.5) is 10.5 Å². The number of nitrogens with one attached hydrogen (secondary N) is 1. The molecule has 1 rings (SSSR count). The first-order valence-electron chi connectivity index (χ1n) is 5.80. The van der Waals surface area contributed by atoms with E-state index >= 15 is 0 Å². The Morgan fingerprint density at radius 1 is 1.45 bits per heavy atom. The van der Waals surface area contributed by atoms with E-state index < -0.39 is 12.0 Å². The second-order valence-electron chi connectivity index (χ2n) is 3.89. The first-order valence-corrected chi connectivity index (χ1v) is 6.18. The lowest BCUT2D eigenvalue weighted by Gasteiger charge is -2.20. The molecule has 3 N–H and O–H groups in total. The molecule has 0 heterocycles. The van der Waals surface area contributed by atoms with Crippen molar-refractivity contribution in [3.63, 3.8) is 0 Å². The van der Waals surface area contributed by atoms with Crippen LogP contribution in [0.1, 0.15) is 10.4 Å². The molecule has 0 aliphatic heterocycles. The van der Waals surface area contributed by atoms with E-state index in [1.807, 2.05) is 0 Å².